The van der Waals surface area contributed by atoms with Crippen LogP contribution in [0.15, 0.2) is 24.3 Å². The molecule has 35 heavy (non-hydrogen) atoms. The van der Waals surface area contributed by atoms with Crippen molar-refractivity contribution in [1.29, 1.82) is 0 Å². The number of likely N-dealkylation sites (tertiary alicyclic amines) is 1. The first-order chi connectivity index (χ1) is 16.3. The number of nitrogens with one attached hydrogen (secondary N) is 2. The summed E-state index contributed by atoms with van der Waals surface area (Å²) < 4.78 is 18.4. The van der Waals surface area contributed by atoms with Crippen molar-refractivity contribution < 1.29 is 28.3 Å². The van der Waals surface area contributed by atoms with Crippen LogP contribution < -0.4 is 16.4 Å². The van der Waals surface area contributed by atoms with Crippen LogP contribution in [0, 0.1) is 11.2 Å². The van der Waals surface area contributed by atoms with E-state index >= 15 is 0 Å². The van der Waals surface area contributed by atoms with Crippen molar-refractivity contribution >= 4 is 23.7 Å². The third-order valence-electron chi connectivity index (χ3n) is 5.89. The number of amides is 3. The first-order valence-electron chi connectivity index (χ1n) is 11.9. The third-order valence-corrected chi connectivity index (χ3v) is 5.89. The largest absolute Gasteiger partial charge is 0.464 e. The van der Waals surface area contributed by atoms with Gasteiger partial charge in [-0.25, -0.2) is 9.18 Å². The fraction of sp³-hybridized carbons (Fsp3) is 0.600. The van der Waals surface area contributed by atoms with E-state index in [0.29, 0.717) is 24.9 Å². The molecule has 0 radical (unpaired) electrons. The Morgan fingerprint density at radius 1 is 1.17 bits per heavy atom. The predicted octanol–water partition coefficient (Wildman–Crippen LogP) is 1.29. The normalized spacial score (nSPS) is 18.4. The summed E-state index contributed by atoms with van der Waals surface area (Å²) in [6.07, 6.45) is 1.13. The Balaban J connectivity index is 2.20. The second-order valence-electron chi connectivity index (χ2n) is 9.93. The standard InChI is InChI=1S/C25H37FN4O5/c1-6-35-24(34)18(14-16-9-11-17(26)12-10-16)28-22(32)19-8-7-13-30(19)23(33)20(25(3,4)5)29-21(31)15(2)27/h9-12,15,18-20H,6-8,13-14,27H2,1-5H3,(H,28,32)(H,29,31)/t15-,18-,19-,20+/m0/s1. The molecule has 9 nitrogen and oxygen atoms in total. The molecule has 3 amide bonds. The van der Waals surface area contributed by atoms with Crippen LogP contribution in [0.4, 0.5) is 4.39 Å². The molecule has 1 aliphatic rings. The van der Waals surface area contributed by atoms with Crippen molar-refractivity contribution in [1.82, 2.24) is 15.5 Å². The number of nitrogens with two attached hydrogens (primary N) is 1. The summed E-state index contributed by atoms with van der Waals surface area (Å²) in [5.41, 5.74) is 5.70. The van der Waals surface area contributed by atoms with Gasteiger partial charge in [-0.15, -0.1) is 0 Å². The Bertz CT molecular complexity index is 913. The number of nitrogens with zero attached hydrogens (tertiary/aromatic N) is 1. The number of benzene rings is 1. The highest BCUT2D eigenvalue weighted by molar-refractivity contribution is 5.95. The molecule has 0 aromatic heterocycles. The molecule has 4 N–H and O–H groups in total. The number of hydrogen-bond acceptors (Lipinski definition) is 6. The average molecular weight is 493 g/mol. The molecular weight excluding hydrogens is 455 g/mol. The van der Waals surface area contributed by atoms with Gasteiger partial charge in [-0.2, -0.15) is 0 Å². The van der Waals surface area contributed by atoms with Gasteiger partial charge >= 0.3 is 5.97 Å². The third kappa shape index (κ3) is 7.74. The van der Waals surface area contributed by atoms with E-state index in [0.717, 1.165) is 0 Å². The summed E-state index contributed by atoms with van der Waals surface area (Å²) in [5.74, 6) is -2.34. The van der Waals surface area contributed by atoms with E-state index < -0.39 is 53.2 Å². The van der Waals surface area contributed by atoms with Crippen LogP contribution >= 0.6 is 0 Å². The smallest absolute Gasteiger partial charge is 0.328 e. The maximum absolute atomic E-state index is 13.5. The minimum absolute atomic E-state index is 0.112. The van der Waals surface area contributed by atoms with Gasteiger partial charge in [-0.3, -0.25) is 14.4 Å². The summed E-state index contributed by atoms with van der Waals surface area (Å²) in [6.45, 7) is 9.14. The number of esters is 1. The van der Waals surface area contributed by atoms with Crippen molar-refractivity contribution in [2.24, 2.45) is 11.1 Å². The first kappa shape index (κ1) is 28.2. The van der Waals surface area contributed by atoms with Crippen LogP contribution in [0.3, 0.4) is 0 Å². The fourth-order valence-electron chi connectivity index (χ4n) is 3.95. The Kier molecular flexibility index (Phi) is 9.76. The van der Waals surface area contributed by atoms with Gasteiger partial charge in [0.2, 0.25) is 17.7 Å². The summed E-state index contributed by atoms with van der Waals surface area (Å²) in [4.78, 5) is 53.0. The molecule has 1 heterocycles. The summed E-state index contributed by atoms with van der Waals surface area (Å²) in [6, 6.07) is 2.16. The molecule has 1 aliphatic heterocycles. The summed E-state index contributed by atoms with van der Waals surface area (Å²) in [7, 11) is 0. The molecule has 10 heteroatoms. The van der Waals surface area contributed by atoms with E-state index in [1.165, 1.54) is 36.1 Å². The van der Waals surface area contributed by atoms with E-state index in [2.05, 4.69) is 10.6 Å². The molecular formula is C25H37FN4O5. The Morgan fingerprint density at radius 2 is 1.80 bits per heavy atom. The molecule has 0 unspecified atom stereocenters. The van der Waals surface area contributed by atoms with Crippen LogP contribution in [-0.4, -0.2) is 65.9 Å². The SMILES string of the molecule is CCOC(=O)[C@H](Cc1ccc(F)cc1)NC(=O)[C@@H]1CCCN1C(=O)[C@@H](NC(=O)[C@H](C)N)C(C)(C)C. The molecule has 4 atom stereocenters. The van der Waals surface area contributed by atoms with Gasteiger partial charge in [0.1, 0.15) is 23.9 Å². The molecule has 194 valence electrons. The molecule has 2 rings (SSSR count). The molecule has 0 aliphatic carbocycles. The number of halogens is 1. The van der Waals surface area contributed by atoms with Crippen LogP contribution in [0.2, 0.25) is 0 Å². The molecule has 1 fully saturated rings. The second kappa shape index (κ2) is 12.1. The van der Waals surface area contributed by atoms with E-state index in [1.807, 2.05) is 20.8 Å². The highest BCUT2D eigenvalue weighted by atomic mass is 19.1. The van der Waals surface area contributed by atoms with E-state index in [1.54, 1.807) is 6.92 Å². The first-order valence-corrected chi connectivity index (χ1v) is 11.9. The Hall–Kier alpha value is -3.01. The van der Waals surface area contributed by atoms with Crippen molar-refractivity contribution in [3.63, 3.8) is 0 Å². The van der Waals surface area contributed by atoms with Crippen LogP contribution in [0.5, 0.6) is 0 Å². The summed E-state index contributed by atoms with van der Waals surface area (Å²) in [5, 5.41) is 5.43. The lowest BCUT2D eigenvalue weighted by atomic mass is 9.85. The molecule has 1 aromatic carbocycles. The van der Waals surface area contributed by atoms with Gasteiger partial charge < -0.3 is 26.0 Å². The van der Waals surface area contributed by atoms with Gasteiger partial charge in [-0.05, 0) is 49.8 Å². The zero-order chi connectivity index (χ0) is 26.3. The highest BCUT2D eigenvalue weighted by Gasteiger charge is 2.42. The zero-order valence-electron chi connectivity index (χ0n) is 21.1. The number of hydrogen-bond donors (Lipinski definition) is 3. The second-order valence-corrected chi connectivity index (χ2v) is 9.93. The summed E-state index contributed by atoms with van der Waals surface area (Å²) >= 11 is 0. The van der Waals surface area contributed by atoms with E-state index in [4.69, 9.17) is 10.5 Å². The van der Waals surface area contributed by atoms with Crippen molar-refractivity contribution in [2.75, 3.05) is 13.2 Å². The van der Waals surface area contributed by atoms with Crippen molar-refractivity contribution in [3.8, 4) is 0 Å². The lowest BCUT2D eigenvalue weighted by molar-refractivity contribution is -0.149. The molecule has 1 aromatic rings. The van der Waals surface area contributed by atoms with Gasteiger partial charge in [0.25, 0.3) is 0 Å². The van der Waals surface area contributed by atoms with E-state index in [-0.39, 0.29) is 18.9 Å². The lowest BCUT2D eigenvalue weighted by Crippen LogP contribution is -2.60. The highest BCUT2D eigenvalue weighted by Crippen LogP contribution is 2.26. The Labute approximate surface area is 205 Å². The minimum atomic E-state index is -0.998. The number of ether oxygens (including phenoxy) is 1. The average Bonchev–Trinajstić information content (AvgIpc) is 3.27. The van der Waals surface area contributed by atoms with Gasteiger partial charge in [-0.1, -0.05) is 32.9 Å². The maximum atomic E-state index is 13.5. The molecule has 1 saturated heterocycles. The lowest BCUT2D eigenvalue weighted by Gasteiger charge is -2.36. The number of carbonyl (C=O) groups excluding carboxylic acids is 4. The van der Waals surface area contributed by atoms with E-state index in [9.17, 15) is 23.6 Å². The Morgan fingerprint density at radius 3 is 2.34 bits per heavy atom. The van der Waals surface area contributed by atoms with Crippen LogP contribution in [0.1, 0.15) is 53.0 Å². The minimum Gasteiger partial charge on any atom is -0.464 e. The maximum Gasteiger partial charge on any atom is 0.328 e. The zero-order valence-corrected chi connectivity index (χ0v) is 21.1. The van der Waals surface area contributed by atoms with Gasteiger partial charge in [0.15, 0.2) is 0 Å². The van der Waals surface area contributed by atoms with Gasteiger partial charge in [0.05, 0.1) is 12.6 Å². The predicted molar refractivity (Wildman–Crippen MR) is 128 cm³/mol. The quantitative estimate of drug-likeness (QED) is 0.445. The van der Waals surface area contributed by atoms with Crippen molar-refractivity contribution in [2.45, 2.75) is 78.0 Å². The molecule has 0 bridgehead atoms. The van der Waals surface area contributed by atoms with Crippen LogP contribution in [-0.2, 0) is 30.3 Å². The van der Waals surface area contributed by atoms with Crippen LogP contribution in [0.25, 0.3) is 0 Å². The number of carbonyl (C=O) groups is 4. The fourth-order valence-corrected chi connectivity index (χ4v) is 3.95. The number of rotatable bonds is 9. The molecule has 0 spiro atoms. The van der Waals surface area contributed by atoms with Crippen molar-refractivity contribution in [3.05, 3.63) is 35.6 Å². The topological polar surface area (TPSA) is 131 Å². The van der Waals surface area contributed by atoms with Gasteiger partial charge in [0, 0.05) is 13.0 Å². The molecule has 0 saturated carbocycles. The monoisotopic (exact) mass is 492 g/mol.